The maximum Gasteiger partial charge on any atom is 0.243 e. The Morgan fingerprint density at radius 1 is 1.13 bits per heavy atom. The van der Waals surface area contributed by atoms with Gasteiger partial charge < -0.3 is 10.6 Å². The van der Waals surface area contributed by atoms with E-state index in [9.17, 15) is 8.42 Å². The van der Waals surface area contributed by atoms with Crippen LogP contribution in [0.25, 0.3) is 0 Å². The minimum Gasteiger partial charge on any atom is -0.368 e. The van der Waals surface area contributed by atoms with Gasteiger partial charge in [-0.3, -0.25) is 4.99 Å². The van der Waals surface area contributed by atoms with E-state index in [1.807, 2.05) is 43.3 Å². The number of rotatable bonds is 4. The van der Waals surface area contributed by atoms with Crippen LogP contribution in [0.5, 0.6) is 0 Å². The molecule has 0 aliphatic carbocycles. The Bertz CT molecular complexity index is 1030. The molecule has 0 bridgehead atoms. The molecule has 2 aromatic rings. The first-order valence-electron chi connectivity index (χ1n) is 10.2. The summed E-state index contributed by atoms with van der Waals surface area (Å²) in [5.41, 5.74) is 1.60. The number of nitrogens with zero attached hydrogens (tertiary/aromatic N) is 2. The van der Waals surface area contributed by atoms with E-state index >= 15 is 0 Å². The number of aryl methyl sites for hydroxylation is 1. The monoisotopic (exact) mass is 446 g/mol. The van der Waals surface area contributed by atoms with Crippen molar-refractivity contribution in [3.8, 4) is 0 Å². The summed E-state index contributed by atoms with van der Waals surface area (Å²) in [6.07, 6.45) is 1.37. The number of hydrogen-bond acceptors (Lipinski definition) is 5. The van der Waals surface area contributed by atoms with Crippen LogP contribution < -0.4 is 10.6 Å². The second-order valence-electron chi connectivity index (χ2n) is 7.89. The zero-order valence-electron chi connectivity index (χ0n) is 17.1. The summed E-state index contributed by atoms with van der Waals surface area (Å²) in [6, 6.07) is 14.9. The largest absolute Gasteiger partial charge is 0.368 e. The number of amidine groups is 1. The lowest BCUT2D eigenvalue weighted by atomic mass is 9.85. The van der Waals surface area contributed by atoms with E-state index in [-0.39, 0.29) is 5.54 Å². The summed E-state index contributed by atoms with van der Waals surface area (Å²) >= 11 is 5.97. The third-order valence-corrected chi connectivity index (χ3v) is 8.27. The Balaban J connectivity index is 1.46. The lowest BCUT2D eigenvalue weighted by Crippen LogP contribution is -2.64. The smallest absolute Gasteiger partial charge is 0.243 e. The van der Waals surface area contributed by atoms with E-state index in [1.165, 1.54) is 0 Å². The van der Waals surface area contributed by atoms with Gasteiger partial charge in [0.05, 0.1) is 17.0 Å². The Hall–Kier alpha value is -1.93. The van der Waals surface area contributed by atoms with Gasteiger partial charge in [0.15, 0.2) is 0 Å². The summed E-state index contributed by atoms with van der Waals surface area (Å²) in [4.78, 5) is 5.14. The maximum absolute atomic E-state index is 13.1. The molecule has 0 unspecified atom stereocenters. The number of nitrogens with one attached hydrogen (secondary N) is 2. The number of hydrogen-bond donors (Lipinski definition) is 2. The molecule has 0 aromatic heterocycles. The lowest BCUT2D eigenvalue weighted by molar-refractivity contribution is 0.241. The number of sulfonamides is 1. The van der Waals surface area contributed by atoms with Crippen LogP contribution in [-0.4, -0.2) is 50.3 Å². The molecule has 2 N–H and O–H groups in total. The summed E-state index contributed by atoms with van der Waals surface area (Å²) in [5.74, 6) is 0.927. The fourth-order valence-corrected chi connectivity index (χ4v) is 6.01. The molecule has 0 radical (unpaired) electrons. The molecule has 2 aliphatic rings. The first kappa shape index (κ1) is 21.3. The molecule has 1 spiro atoms. The third-order valence-electron chi connectivity index (χ3n) is 5.96. The maximum atomic E-state index is 13.1. The standard InChI is InChI=1S/C22H27ClN4O2S/c1-17-4-2-3-5-20(17)30(28,29)27-14-10-22(11-15-27)21(24-12-13-26-22)25-16-18-6-8-19(23)9-7-18/h2-9,26H,10-16H2,1H3,(H,24,25). The molecule has 6 nitrogen and oxygen atoms in total. The van der Waals surface area contributed by atoms with Crippen LogP contribution >= 0.6 is 11.6 Å². The Kier molecular flexibility index (Phi) is 6.16. The molecule has 2 aliphatic heterocycles. The zero-order chi connectivity index (χ0) is 21.2. The Morgan fingerprint density at radius 3 is 2.53 bits per heavy atom. The predicted octanol–water partition coefficient (Wildman–Crippen LogP) is 2.96. The SMILES string of the molecule is Cc1ccccc1S(=O)(=O)N1CCC2(CC1)NCCN=C2NCc1ccc(Cl)cc1. The van der Waals surface area contributed by atoms with Gasteiger partial charge in [0.1, 0.15) is 5.84 Å². The highest BCUT2D eigenvalue weighted by Gasteiger charge is 2.43. The van der Waals surface area contributed by atoms with Gasteiger partial charge in [-0.05, 0) is 49.1 Å². The van der Waals surface area contributed by atoms with E-state index < -0.39 is 10.0 Å². The van der Waals surface area contributed by atoms with Crippen molar-refractivity contribution in [2.45, 2.75) is 36.7 Å². The Morgan fingerprint density at radius 2 is 1.83 bits per heavy atom. The predicted molar refractivity (Wildman–Crippen MR) is 120 cm³/mol. The molecule has 0 atom stereocenters. The highest BCUT2D eigenvalue weighted by atomic mass is 35.5. The topological polar surface area (TPSA) is 73.8 Å². The van der Waals surface area contributed by atoms with Gasteiger partial charge in [-0.1, -0.05) is 41.9 Å². The minimum atomic E-state index is -3.49. The van der Waals surface area contributed by atoms with Gasteiger partial charge in [-0.25, -0.2) is 8.42 Å². The van der Waals surface area contributed by atoms with E-state index in [1.54, 1.807) is 16.4 Å². The third kappa shape index (κ3) is 4.25. The van der Waals surface area contributed by atoms with Gasteiger partial charge in [0.2, 0.25) is 10.0 Å². The molecule has 1 fully saturated rings. The highest BCUT2D eigenvalue weighted by Crippen LogP contribution is 2.29. The fourth-order valence-electron chi connectivity index (χ4n) is 4.22. The van der Waals surface area contributed by atoms with Crippen molar-refractivity contribution < 1.29 is 8.42 Å². The molecule has 1 saturated heterocycles. The van der Waals surface area contributed by atoms with Crippen molar-refractivity contribution in [1.29, 1.82) is 0 Å². The number of piperidine rings is 1. The summed E-state index contributed by atoms with van der Waals surface area (Å²) in [7, 11) is -3.49. The van der Waals surface area contributed by atoms with E-state index in [4.69, 9.17) is 16.6 Å². The van der Waals surface area contributed by atoms with Crippen molar-refractivity contribution in [2.75, 3.05) is 26.2 Å². The van der Waals surface area contributed by atoms with Crippen LogP contribution in [0.1, 0.15) is 24.0 Å². The average Bonchev–Trinajstić information content (AvgIpc) is 2.75. The van der Waals surface area contributed by atoms with Crippen LogP contribution in [0.15, 0.2) is 58.4 Å². The molecule has 30 heavy (non-hydrogen) atoms. The summed E-state index contributed by atoms with van der Waals surface area (Å²) in [6.45, 7) is 4.94. The van der Waals surface area contributed by atoms with Gasteiger partial charge in [-0.15, -0.1) is 0 Å². The van der Waals surface area contributed by atoms with E-state index in [0.717, 1.165) is 30.1 Å². The zero-order valence-corrected chi connectivity index (χ0v) is 18.6. The molecule has 0 amide bonds. The van der Waals surface area contributed by atoms with Gasteiger partial charge in [-0.2, -0.15) is 4.31 Å². The number of benzene rings is 2. The normalized spacial score (nSPS) is 19.5. The van der Waals surface area contributed by atoms with Crippen LogP contribution in [0.3, 0.4) is 0 Å². The molecule has 8 heteroatoms. The second-order valence-corrected chi connectivity index (χ2v) is 10.2. The molecule has 4 rings (SSSR count). The van der Waals surface area contributed by atoms with Gasteiger partial charge in [0.25, 0.3) is 0 Å². The van der Waals surface area contributed by atoms with Crippen LogP contribution in [-0.2, 0) is 16.6 Å². The van der Waals surface area contributed by atoms with Gasteiger partial charge >= 0.3 is 0 Å². The van der Waals surface area contributed by atoms with Crippen LogP contribution in [0.4, 0.5) is 0 Å². The second kappa shape index (κ2) is 8.67. The molecule has 0 saturated carbocycles. The number of halogens is 1. The lowest BCUT2D eigenvalue weighted by Gasteiger charge is -2.44. The summed E-state index contributed by atoms with van der Waals surface area (Å²) < 4.78 is 27.9. The first-order chi connectivity index (χ1) is 14.4. The Labute approximate surface area is 183 Å². The van der Waals surface area contributed by atoms with Crippen molar-refractivity contribution in [3.05, 3.63) is 64.7 Å². The fraction of sp³-hybridized carbons (Fsp3) is 0.409. The van der Waals surface area contributed by atoms with Crippen molar-refractivity contribution >= 4 is 27.5 Å². The van der Waals surface area contributed by atoms with E-state index in [2.05, 4.69) is 10.6 Å². The van der Waals surface area contributed by atoms with Crippen molar-refractivity contribution in [1.82, 2.24) is 14.9 Å². The van der Waals surface area contributed by atoms with Crippen molar-refractivity contribution in [2.24, 2.45) is 4.99 Å². The highest BCUT2D eigenvalue weighted by molar-refractivity contribution is 7.89. The van der Waals surface area contributed by atoms with Crippen LogP contribution in [0.2, 0.25) is 5.02 Å². The number of aliphatic imine (C=N–C) groups is 1. The minimum absolute atomic E-state index is 0.303. The van der Waals surface area contributed by atoms with Crippen LogP contribution in [0, 0.1) is 6.92 Å². The summed E-state index contributed by atoms with van der Waals surface area (Å²) in [5, 5.41) is 7.82. The molecule has 2 heterocycles. The molecule has 2 aromatic carbocycles. The quantitative estimate of drug-likeness (QED) is 0.757. The van der Waals surface area contributed by atoms with Gasteiger partial charge in [0, 0.05) is 31.2 Å². The van der Waals surface area contributed by atoms with Crippen molar-refractivity contribution in [3.63, 3.8) is 0 Å². The van der Waals surface area contributed by atoms with E-state index in [0.29, 0.717) is 42.4 Å². The molecule has 160 valence electrons. The average molecular weight is 447 g/mol. The molecular weight excluding hydrogens is 420 g/mol. The first-order valence-corrected chi connectivity index (χ1v) is 12.1. The molecular formula is C22H27ClN4O2S.